The smallest absolute Gasteiger partial charge is 0.308 e. The summed E-state index contributed by atoms with van der Waals surface area (Å²) in [6, 6.07) is 0. The predicted octanol–water partition coefficient (Wildman–Crippen LogP) is -0.0290. The predicted molar refractivity (Wildman–Crippen MR) is 59.6 cm³/mol. The van der Waals surface area contributed by atoms with Crippen molar-refractivity contribution >= 4 is 11.9 Å². The molecule has 0 aromatic carbocycles. The number of nitrogens with zero attached hydrogens (tertiary/aromatic N) is 1. The molecule has 0 spiro atoms. The van der Waals surface area contributed by atoms with Crippen LogP contribution in [-0.4, -0.2) is 60.9 Å². The first kappa shape index (κ1) is 13.9. The Bertz CT molecular complexity index is 275. The van der Waals surface area contributed by atoms with E-state index in [0.29, 0.717) is 19.8 Å². The molecule has 0 saturated carbocycles. The van der Waals surface area contributed by atoms with E-state index >= 15 is 0 Å². The van der Waals surface area contributed by atoms with Gasteiger partial charge in [-0.2, -0.15) is 0 Å². The van der Waals surface area contributed by atoms with Crippen LogP contribution in [0.1, 0.15) is 13.8 Å². The molecule has 1 heterocycles. The summed E-state index contributed by atoms with van der Waals surface area (Å²) in [4.78, 5) is 24.3. The summed E-state index contributed by atoms with van der Waals surface area (Å²) in [5, 5.41) is 8.82. The van der Waals surface area contributed by atoms with E-state index < -0.39 is 18.0 Å². The van der Waals surface area contributed by atoms with Crippen molar-refractivity contribution in [3.05, 3.63) is 0 Å². The molecule has 6 nitrogen and oxygen atoms in total. The van der Waals surface area contributed by atoms with Gasteiger partial charge in [0.15, 0.2) is 6.10 Å². The number of hydrogen-bond donors (Lipinski definition) is 1. The van der Waals surface area contributed by atoms with Gasteiger partial charge in [-0.1, -0.05) is 6.92 Å². The fraction of sp³-hybridized carbons (Fsp3) is 0.818. The van der Waals surface area contributed by atoms with Crippen LogP contribution < -0.4 is 0 Å². The van der Waals surface area contributed by atoms with Gasteiger partial charge >= 0.3 is 5.97 Å². The summed E-state index contributed by atoms with van der Waals surface area (Å²) < 4.78 is 10.5. The van der Waals surface area contributed by atoms with Gasteiger partial charge in [0.1, 0.15) is 0 Å². The van der Waals surface area contributed by atoms with Gasteiger partial charge in [0.25, 0.3) is 5.91 Å². The maximum atomic E-state index is 12.0. The number of carboxylic acid groups (broad SMARTS) is 1. The molecular weight excluding hydrogens is 226 g/mol. The standard InChI is InChI=1S/C11H19NO5/c1-3-12(6-8(2)11(14)15)10(13)9-7-16-4-5-17-9/h8-9H,3-7H2,1-2H3,(H,14,15). The highest BCUT2D eigenvalue weighted by atomic mass is 16.6. The second-order valence-corrected chi connectivity index (χ2v) is 4.05. The Morgan fingerprint density at radius 1 is 1.47 bits per heavy atom. The van der Waals surface area contributed by atoms with E-state index in [-0.39, 0.29) is 19.1 Å². The van der Waals surface area contributed by atoms with Gasteiger partial charge in [-0.3, -0.25) is 9.59 Å². The summed E-state index contributed by atoms with van der Waals surface area (Å²) >= 11 is 0. The molecule has 0 aromatic heterocycles. The summed E-state index contributed by atoms with van der Waals surface area (Å²) in [6.45, 7) is 5.22. The number of likely N-dealkylation sites (N-methyl/N-ethyl adjacent to an activating group) is 1. The van der Waals surface area contributed by atoms with E-state index in [1.54, 1.807) is 6.92 Å². The first-order valence-electron chi connectivity index (χ1n) is 5.77. The number of carbonyl (C=O) groups is 2. The Morgan fingerprint density at radius 3 is 2.65 bits per heavy atom. The van der Waals surface area contributed by atoms with Crippen LogP contribution in [0.4, 0.5) is 0 Å². The van der Waals surface area contributed by atoms with Crippen molar-refractivity contribution in [2.75, 3.05) is 32.9 Å². The van der Waals surface area contributed by atoms with Crippen molar-refractivity contribution in [1.82, 2.24) is 4.90 Å². The lowest BCUT2D eigenvalue weighted by atomic mass is 10.1. The Morgan fingerprint density at radius 2 is 2.18 bits per heavy atom. The molecular formula is C11H19NO5. The van der Waals surface area contributed by atoms with E-state index in [1.165, 1.54) is 4.90 Å². The Balaban J connectivity index is 2.53. The maximum absolute atomic E-state index is 12.0. The van der Waals surface area contributed by atoms with Crippen molar-refractivity contribution in [2.45, 2.75) is 20.0 Å². The van der Waals surface area contributed by atoms with Crippen LogP contribution in [0.15, 0.2) is 0 Å². The molecule has 1 N–H and O–H groups in total. The second-order valence-electron chi connectivity index (χ2n) is 4.05. The number of hydrogen-bond acceptors (Lipinski definition) is 4. The van der Waals surface area contributed by atoms with E-state index in [2.05, 4.69) is 0 Å². The van der Waals surface area contributed by atoms with Crippen LogP contribution in [-0.2, 0) is 19.1 Å². The lowest BCUT2D eigenvalue weighted by molar-refractivity contribution is -0.159. The lowest BCUT2D eigenvalue weighted by Gasteiger charge is -2.29. The summed E-state index contributed by atoms with van der Waals surface area (Å²) in [6.07, 6.45) is -0.593. The SMILES string of the molecule is CCN(CC(C)C(=O)O)C(=O)C1COCCO1. The number of aliphatic carboxylic acids is 1. The fourth-order valence-electron chi connectivity index (χ4n) is 1.62. The van der Waals surface area contributed by atoms with Crippen LogP contribution >= 0.6 is 0 Å². The number of rotatable bonds is 5. The average Bonchev–Trinajstić information content (AvgIpc) is 2.35. The molecule has 2 unspecified atom stereocenters. The largest absolute Gasteiger partial charge is 0.481 e. The van der Waals surface area contributed by atoms with E-state index in [0.717, 1.165) is 0 Å². The first-order chi connectivity index (χ1) is 8.06. The molecule has 1 fully saturated rings. The van der Waals surface area contributed by atoms with Crippen molar-refractivity contribution in [3.8, 4) is 0 Å². The summed E-state index contributed by atoms with van der Waals surface area (Å²) in [5.41, 5.74) is 0. The molecule has 0 aliphatic carbocycles. The van der Waals surface area contributed by atoms with E-state index in [4.69, 9.17) is 14.6 Å². The van der Waals surface area contributed by atoms with Gasteiger partial charge in [0.05, 0.1) is 25.7 Å². The van der Waals surface area contributed by atoms with E-state index in [1.807, 2.05) is 6.92 Å². The van der Waals surface area contributed by atoms with Crippen LogP contribution in [0.25, 0.3) is 0 Å². The Labute approximate surface area is 100 Å². The van der Waals surface area contributed by atoms with Crippen molar-refractivity contribution < 1.29 is 24.2 Å². The molecule has 6 heteroatoms. The summed E-state index contributed by atoms with van der Waals surface area (Å²) in [7, 11) is 0. The topological polar surface area (TPSA) is 76.1 Å². The third-order valence-corrected chi connectivity index (χ3v) is 2.70. The van der Waals surface area contributed by atoms with Gasteiger partial charge in [-0.25, -0.2) is 0 Å². The van der Waals surface area contributed by atoms with Gasteiger partial charge in [-0.15, -0.1) is 0 Å². The van der Waals surface area contributed by atoms with Crippen LogP contribution in [0.2, 0.25) is 0 Å². The van der Waals surface area contributed by atoms with E-state index in [9.17, 15) is 9.59 Å². The minimum atomic E-state index is -0.905. The molecule has 1 saturated heterocycles. The average molecular weight is 245 g/mol. The Kier molecular flexibility index (Phi) is 5.37. The first-order valence-corrected chi connectivity index (χ1v) is 5.77. The normalized spacial score (nSPS) is 21.9. The number of amides is 1. The van der Waals surface area contributed by atoms with Crippen molar-refractivity contribution in [1.29, 1.82) is 0 Å². The van der Waals surface area contributed by atoms with Crippen molar-refractivity contribution in [2.24, 2.45) is 5.92 Å². The number of carbonyl (C=O) groups excluding carboxylic acids is 1. The molecule has 1 aliphatic heterocycles. The number of ether oxygens (including phenoxy) is 2. The van der Waals surface area contributed by atoms with Crippen LogP contribution in [0.5, 0.6) is 0 Å². The maximum Gasteiger partial charge on any atom is 0.308 e. The molecule has 98 valence electrons. The zero-order valence-corrected chi connectivity index (χ0v) is 10.2. The fourth-order valence-corrected chi connectivity index (χ4v) is 1.62. The highest BCUT2D eigenvalue weighted by Crippen LogP contribution is 2.08. The molecule has 1 aliphatic rings. The zero-order chi connectivity index (χ0) is 12.8. The quantitative estimate of drug-likeness (QED) is 0.736. The summed E-state index contributed by atoms with van der Waals surface area (Å²) in [5.74, 6) is -1.68. The zero-order valence-electron chi connectivity index (χ0n) is 10.2. The Hall–Kier alpha value is -1.14. The van der Waals surface area contributed by atoms with Crippen molar-refractivity contribution in [3.63, 3.8) is 0 Å². The minimum Gasteiger partial charge on any atom is -0.481 e. The monoisotopic (exact) mass is 245 g/mol. The molecule has 0 aromatic rings. The molecule has 17 heavy (non-hydrogen) atoms. The molecule has 0 radical (unpaired) electrons. The molecule has 0 bridgehead atoms. The van der Waals surface area contributed by atoms with Gasteiger partial charge in [-0.05, 0) is 6.92 Å². The highest BCUT2D eigenvalue weighted by Gasteiger charge is 2.28. The number of carboxylic acids is 1. The second kappa shape index (κ2) is 6.56. The van der Waals surface area contributed by atoms with Gasteiger partial charge in [0.2, 0.25) is 0 Å². The van der Waals surface area contributed by atoms with Crippen LogP contribution in [0, 0.1) is 5.92 Å². The third kappa shape index (κ3) is 3.98. The van der Waals surface area contributed by atoms with Gasteiger partial charge in [0, 0.05) is 13.1 Å². The molecule has 1 rings (SSSR count). The van der Waals surface area contributed by atoms with Crippen LogP contribution in [0.3, 0.4) is 0 Å². The third-order valence-electron chi connectivity index (χ3n) is 2.70. The van der Waals surface area contributed by atoms with Gasteiger partial charge < -0.3 is 19.5 Å². The minimum absolute atomic E-state index is 0.194. The highest BCUT2D eigenvalue weighted by molar-refractivity contribution is 5.82. The lowest BCUT2D eigenvalue weighted by Crippen LogP contribution is -2.47. The molecule has 1 amide bonds. The molecule has 2 atom stereocenters.